The summed E-state index contributed by atoms with van der Waals surface area (Å²) < 4.78 is 2.03. The van der Waals surface area contributed by atoms with Crippen molar-refractivity contribution in [2.75, 3.05) is 0 Å². The van der Waals surface area contributed by atoms with Crippen LogP contribution in [0.5, 0.6) is 0 Å². The van der Waals surface area contributed by atoms with E-state index in [0.29, 0.717) is 5.75 Å². The topological polar surface area (TPSA) is 17.8 Å². The van der Waals surface area contributed by atoms with Crippen molar-refractivity contribution < 1.29 is 0 Å². The van der Waals surface area contributed by atoms with Gasteiger partial charge in [-0.1, -0.05) is 23.8 Å². The van der Waals surface area contributed by atoms with Crippen LogP contribution in [0.3, 0.4) is 0 Å². The molecule has 0 bridgehead atoms. The van der Waals surface area contributed by atoms with Crippen LogP contribution in [-0.2, 0) is 11.3 Å². The van der Waals surface area contributed by atoms with E-state index in [9.17, 15) is 0 Å². The molecule has 1 heterocycles. The summed E-state index contributed by atoms with van der Waals surface area (Å²) in [5.41, 5.74) is 5.99. The lowest BCUT2D eigenvalue weighted by molar-refractivity contribution is 0.356. The first kappa shape index (κ1) is 14.2. The van der Waals surface area contributed by atoms with Gasteiger partial charge in [-0.25, -0.2) is 0 Å². The molecule has 0 radical (unpaired) electrons. The lowest BCUT2D eigenvalue weighted by Gasteiger charge is -2.19. The van der Waals surface area contributed by atoms with Gasteiger partial charge in [0.1, 0.15) is 0 Å². The first-order chi connectivity index (χ1) is 8.82. The lowest BCUT2D eigenvalue weighted by atomic mass is 10.0. The van der Waals surface area contributed by atoms with E-state index in [1.807, 2.05) is 4.68 Å². The summed E-state index contributed by atoms with van der Waals surface area (Å²) in [6.45, 7) is 10.7. The lowest BCUT2D eigenvalue weighted by Crippen LogP contribution is -2.22. The van der Waals surface area contributed by atoms with Gasteiger partial charge >= 0.3 is 0 Å². The number of aryl methyl sites for hydroxylation is 2. The van der Waals surface area contributed by atoms with Crippen molar-refractivity contribution in [1.29, 1.82) is 0 Å². The predicted octanol–water partition coefficient (Wildman–Crippen LogP) is 4.35. The summed E-state index contributed by atoms with van der Waals surface area (Å²) in [4.78, 5) is 0. The molecule has 1 aromatic heterocycles. The highest BCUT2D eigenvalue weighted by molar-refractivity contribution is 7.79. The molecular weight excluding hydrogens is 252 g/mol. The number of rotatable bonds is 2. The zero-order chi connectivity index (χ0) is 14.2. The standard InChI is InChI=1S/C16H22N2S/c1-11-6-7-14(12(2)8-11)15-13(10-19)9-18(17-15)16(3,4)5/h6-9,19H,10H2,1-5H3. The highest BCUT2D eigenvalue weighted by Gasteiger charge is 2.19. The van der Waals surface area contributed by atoms with Crippen LogP contribution in [0.4, 0.5) is 0 Å². The van der Waals surface area contributed by atoms with Crippen LogP contribution in [0.25, 0.3) is 11.3 Å². The second kappa shape index (κ2) is 5.04. The van der Waals surface area contributed by atoms with Gasteiger partial charge in [0.05, 0.1) is 11.2 Å². The minimum atomic E-state index is -0.00541. The fraction of sp³-hybridized carbons (Fsp3) is 0.438. The molecule has 0 saturated carbocycles. The maximum atomic E-state index is 4.78. The average molecular weight is 274 g/mol. The number of benzene rings is 1. The van der Waals surface area contributed by atoms with Crippen molar-refractivity contribution in [2.24, 2.45) is 0 Å². The molecule has 0 amide bonds. The Morgan fingerprint density at radius 3 is 2.42 bits per heavy atom. The Morgan fingerprint density at radius 1 is 1.21 bits per heavy atom. The maximum Gasteiger partial charge on any atom is 0.0966 e. The van der Waals surface area contributed by atoms with Crippen LogP contribution in [0.1, 0.15) is 37.5 Å². The normalized spacial score (nSPS) is 11.9. The van der Waals surface area contributed by atoms with Crippen LogP contribution >= 0.6 is 12.6 Å². The summed E-state index contributed by atoms with van der Waals surface area (Å²) in [7, 11) is 0. The minimum absolute atomic E-state index is 0.00541. The summed E-state index contributed by atoms with van der Waals surface area (Å²) in [6, 6.07) is 6.50. The summed E-state index contributed by atoms with van der Waals surface area (Å²) in [5, 5.41) is 4.78. The molecule has 2 rings (SSSR count). The van der Waals surface area contributed by atoms with E-state index >= 15 is 0 Å². The molecule has 0 aliphatic heterocycles. The molecule has 0 spiro atoms. The summed E-state index contributed by atoms with van der Waals surface area (Å²) in [6.07, 6.45) is 2.11. The zero-order valence-electron chi connectivity index (χ0n) is 12.4. The Labute approximate surface area is 121 Å². The molecule has 19 heavy (non-hydrogen) atoms. The number of hydrogen-bond acceptors (Lipinski definition) is 2. The zero-order valence-corrected chi connectivity index (χ0v) is 13.3. The molecule has 0 unspecified atom stereocenters. The SMILES string of the molecule is Cc1ccc(-c2nn(C(C)(C)C)cc2CS)c(C)c1. The maximum absolute atomic E-state index is 4.78. The van der Waals surface area contributed by atoms with Crippen LogP contribution in [0.2, 0.25) is 0 Å². The van der Waals surface area contributed by atoms with Crippen molar-refractivity contribution in [2.45, 2.75) is 45.9 Å². The Hall–Kier alpha value is -1.22. The van der Waals surface area contributed by atoms with E-state index in [0.717, 1.165) is 5.69 Å². The second-order valence-electron chi connectivity index (χ2n) is 6.09. The summed E-state index contributed by atoms with van der Waals surface area (Å²) in [5.74, 6) is 0.707. The molecule has 0 fully saturated rings. The van der Waals surface area contributed by atoms with Crippen molar-refractivity contribution in [3.63, 3.8) is 0 Å². The molecule has 3 heteroatoms. The smallest absolute Gasteiger partial charge is 0.0966 e. The van der Waals surface area contributed by atoms with E-state index in [4.69, 9.17) is 5.10 Å². The van der Waals surface area contributed by atoms with Gasteiger partial charge in [0.2, 0.25) is 0 Å². The van der Waals surface area contributed by atoms with Crippen LogP contribution in [0, 0.1) is 13.8 Å². The Kier molecular flexibility index (Phi) is 3.77. The van der Waals surface area contributed by atoms with Gasteiger partial charge < -0.3 is 0 Å². The minimum Gasteiger partial charge on any atom is -0.267 e. The number of hydrogen-bond donors (Lipinski definition) is 1. The Balaban J connectivity index is 2.58. The molecule has 0 N–H and O–H groups in total. The van der Waals surface area contributed by atoms with Gasteiger partial charge in [0.25, 0.3) is 0 Å². The highest BCUT2D eigenvalue weighted by atomic mass is 32.1. The van der Waals surface area contributed by atoms with Crippen molar-refractivity contribution in [3.8, 4) is 11.3 Å². The largest absolute Gasteiger partial charge is 0.267 e. The third kappa shape index (κ3) is 2.86. The fourth-order valence-electron chi connectivity index (χ4n) is 2.18. The van der Waals surface area contributed by atoms with Crippen molar-refractivity contribution in [1.82, 2.24) is 9.78 Å². The molecule has 0 saturated heterocycles. The molecule has 102 valence electrons. The van der Waals surface area contributed by atoms with Crippen molar-refractivity contribution in [3.05, 3.63) is 41.1 Å². The third-order valence-electron chi connectivity index (χ3n) is 3.28. The molecular formula is C16H22N2S. The second-order valence-corrected chi connectivity index (χ2v) is 6.41. The van der Waals surface area contributed by atoms with E-state index in [1.165, 1.54) is 22.3 Å². The van der Waals surface area contributed by atoms with Crippen LogP contribution in [0.15, 0.2) is 24.4 Å². The number of thiol groups is 1. The van der Waals surface area contributed by atoms with E-state index in [-0.39, 0.29) is 5.54 Å². The first-order valence-electron chi connectivity index (χ1n) is 6.60. The van der Waals surface area contributed by atoms with Crippen LogP contribution in [-0.4, -0.2) is 9.78 Å². The van der Waals surface area contributed by atoms with Gasteiger partial charge in [-0.3, -0.25) is 4.68 Å². The molecule has 0 aliphatic carbocycles. The van der Waals surface area contributed by atoms with Gasteiger partial charge in [-0.05, 0) is 40.2 Å². The molecule has 0 aliphatic rings. The molecule has 2 nitrogen and oxygen atoms in total. The Morgan fingerprint density at radius 2 is 1.89 bits per heavy atom. The molecule has 0 atom stereocenters. The van der Waals surface area contributed by atoms with Gasteiger partial charge in [-0.2, -0.15) is 17.7 Å². The highest BCUT2D eigenvalue weighted by Crippen LogP contribution is 2.29. The number of nitrogens with zero attached hydrogens (tertiary/aromatic N) is 2. The van der Waals surface area contributed by atoms with E-state index in [1.54, 1.807) is 0 Å². The average Bonchev–Trinajstić information content (AvgIpc) is 2.72. The molecule has 2 aromatic rings. The monoisotopic (exact) mass is 274 g/mol. The summed E-state index contributed by atoms with van der Waals surface area (Å²) >= 11 is 4.44. The Bertz CT molecular complexity index is 591. The predicted molar refractivity (Wildman–Crippen MR) is 84.8 cm³/mol. The van der Waals surface area contributed by atoms with E-state index < -0.39 is 0 Å². The first-order valence-corrected chi connectivity index (χ1v) is 7.23. The van der Waals surface area contributed by atoms with Gasteiger partial charge in [0.15, 0.2) is 0 Å². The van der Waals surface area contributed by atoms with E-state index in [2.05, 4.69) is 71.6 Å². The quantitative estimate of drug-likeness (QED) is 0.806. The fourth-order valence-corrected chi connectivity index (χ4v) is 2.41. The van der Waals surface area contributed by atoms with Crippen LogP contribution < -0.4 is 0 Å². The van der Waals surface area contributed by atoms with Gasteiger partial charge in [-0.15, -0.1) is 0 Å². The van der Waals surface area contributed by atoms with Crippen molar-refractivity contribution >= 4 is 12.6 Å². The van der Waals surface area contributed by atoms with Gasteiger partial charge in [0, 0.05) is 23.1 Å². The third-order valence-corrected chi connectivity index (χ3v) is 3.63. The number of aromatic nitrogens is 2. The molecule has 1 aromatic carbocycles.